The van der Waals surface area contributed by atoms with Crippen LogP contribution >= 0.6 is 0 Å². The van der Waals surface area contributed by atoms with Gasteiger partial charge in [0.15, 0.2) is 6.29 Å². The normalized spacial score (nSPS) is 49.2. The van der Waals surface area contributed by atoms with Gasteiger partial charge in [-0.3, -0.25) is 4.99 Å². The van der Waals surface area contributed by atoms with Crippen molar-refractivity contribution in [1.82, 2.24) is 0 Å². The van der Waals surface area contributed by atoms with Gasteiger partial charge >= 0.3 is 0 Å². The van der Waals surface area contributed by atoms with Crippen molar-refractivity contribution in [2.45, 2.75) is 115 Å². The Morgan fingerprint density at radius 2 is 1.75 bits per heavy atom. The first-order chi connectivity index (χ1) is 15.3. The predicted octanol–water partition coefficient (Wildman–Crippen LogP) is 6.71. The average Bonchev–Trinajstić information content (AvgIpc) is 3.52. The monoisotopic (exact) mass is 447 g/mol. The molecule has 1 heterocycles. The van der Waals surface area contributed by atoms with E-state index in [1.54, 1.807) is 0 Å². The molecule has 0 aromatic carbocycles. The molecule has 1 saturated heterocycles. The molecular formula is C27H39F2NO2. The van der Waals surface area contributed by atoms with Crippen LogP contribution in [-0.2, 0) is 9.47 Å². The quantitative estimate of drug-likeness (QED) is 0.450. The van der Waals surface area contributed by atoms with Crippen molar-refractivity contribution >= 4 is 5.71 Å². The Bertz CT molecular complexity index is 814. The van der Waals surface area contributed by atoms with E-state index in [9.17, 15) is 0 Å². The van der Waals surface area contributed by atoms with E-state index in [2.05, 4.69) is 13.8 Å². The lowest BCUT2D eigenvalue weighted by Gasteiger charge is -2.58. The number of alkyl halides is 2. The van der Waals surface area contributed by atoms with Crippen molar-refractivity contribution < 1.29 is 18.3 Å². The summed E-state index contributed by atoms with van der Waals surface area (Å²) in [5.41, 5.74) is 1.63. The topological polar surface area (TPSA) is 30.8 Å². The third-order valence-electron chi connectivity index (χ3n) is 10.2. The van der Waals surface area contributed by atoms with E-state index in [1.165, 1.54) is 25.0 Å². The van der Waals surface area contributed by atoms with Crippen molar-refractivity contribution in [3.05, 3.63) is 11.6 Å². The van der Waals surface area contributed by atoms with E-state index in [4.69, 9.17) is 14.5 Å². The summed E-state index contributed by atoms with van der Waals surface area (Å²) in [7, 11) is 0. The van der Waals surface area contributed by atoms with Gasteiger partial charge in [-0.1, -0.05) is 19.9 Å². The van der Waals surface area contributed by atoms with Crippen LogP contribution in [0.1, 0.15) is 90.9 Å². The first-order valence-corrected chi connectivity index (χ1v) is 13.3. The van der Waals surface area contributed by atoms with Crippen molar-refractivity contribution in [3.63, 3.8) is 0 Å². The molecule has 0 radical (unpaired) electrons. The summed E-state index contributed by atoms with van der Waals surface area (Å²) in [4.78, 5) is 5.12. The van der Waals surface area contributed by atoms with Crippen LogP contribution < -0.4 is 0 Å². The summed E-state index contributed by atoms with van der Waals surface area (Å²) in [5.74, 6) is -1.41. The average molecular weight is 448 g/mol. The SMILES string of the molecule is C[C@]12CCC(OC3CCCCO3)C(F)(F)C1=CC[C@@H]1[C@@H]2CC[C@]2(C)C(=NC3CC3)CC[C@@H]12. The Hall–Kier alpha value is -0.810. The molecule has 3 nitrogen and oxygen atoms in total. The van der Waals surface area contributed by atoms with E-state index in [0.717, 1.165) is 51.4 Å². The fraction of sp³-hybridized carbons (Fsp3) is 0.889. The zero-order valence-electron chi connectivity index (χ0n) is 19.8. The van der Waals surface area contributed by atoms with Gasteiger partial charge in [0, 0.05) is 23.3 Å². The first kappa shape index (κ1) is 21.7. The number of rotatable bonds is 3. The number of ether oxygens (including phenoxy) is 2. The molecule has 4 saturated carbocycles. The van der Waals surface area contributed by atoms with Gasteiger partial charge in [0.1, 0.15) is 6.10 Å². The van der Waals surface area contributed by atoms with Crippen molar-refractivity contribution in [2.75, 3.05) is 6.61 Å². The van der Waals surface area contributed by atoms with E-state index < -0.39 is 23.7 Å². The molecule has 7 atom stereocenters. The Kier molecular flexibility index (Phi) is 5.15. The Labute approximate surface area is 191 Å². The molecule has 5 aliphatic carbocycles. The fourth-order valence-electron chi connectivity index (χ4n) is 8.30. The van der Waals surface area contributed by atoms with E-state index in [-0.39, 0.29) is 5.41 Å². The molecule has 0 spiro atoms. The minimum atomic E-state index is -2.90. The highest BCUT2D eigenvalue weighted by molar-refractivity contribution is 5.92. The molecule has 6 rings (SSSR count). The number of hydrogen-bond donors (Lipinski definition) is 0. The maximum absolute atomic E-state index is 15.9. The number of fused-ring (bicyclic) bond motifs is 5. The van der Waals surface area contributed by atoms with Gasteiger partial charge in [-0.25, -0.2) is 0 Å². The Balaban J connectivity index is 1.25. The molecule has 0 aromatic rings. The lowest BCUT2D eigenvalue weighted by Crippen LogP contribution is -2.57. The van der Waals surface area contributed by atoms with Crippen LogP contribution in [0.25, 0.3) is 0 Å². The van der Waals surface area contributed by atoms with Crippen LogP contribution in [-0.4, -0.2) is 36.7 Å². The van der Waals surface area contributed by atoms with Crippen molar-refractivity contribution in [1.29, 1.82) is 0 Å². The second kappa shape index (κ2) is 7.60. The minimum absolute atomic E-state index is 0.201. The van der Waals surface area contributed by atoms with Crippen LogP contribution in [0, 0.1) is 28.6 Å². The lowest BCUT2D eigenvalue weighted by atomic mass is 9.47. The summed E-state index contributed by atoms with van der Waals surface area (Å²) in [6.07, 6.45) is 12.2. The zero-order chi connectivity index (χ0) is 22.1. The summed E-state index contributed by atoms with van der Waals surface area (Å²) in [5, 5.41) is 0. The number of hydrogen-bond acceptors (Lipinski definition) is 3. The molecule has 0 N–H and O–H groups in total. The number of halogens is 2. The molecule has 5 heteroatoms. The maximum atomic E-state index is 15.9. The van der Waals surface area contributed by atoms with E-state index >= 15 is 8.78 Å². The highest BCUT2D eigenvalue weighted by Crippen LogP contribution is 2.66. The van der Waals surface area contributed by atoms with Gasteiger partial charge in [-0.05, 0) is 100 Å². The van der Waals surface area contributed by atoms with Crippen LogP contribution in [0.2, 0.25) is 0 Å². The molecule has 0 bridgehead atoms. The summed E-state index contributed by atoms with van der Waals surface area (Å²) in [6, 6.07) is 0.579. The second-order valence-corrected chi connectivity index (χ2v) is 12.0. The van der Waals surface area contributed by atoms with Gasteiger partial charge < -0.3 is 9.47 Å². The smallest absolute Gasteiger partial charge is 0.295 e. The van der Waals surface area contributed by atoms with Crippen LogP contribution in [0.15, 0.2) is 16.6 Å². The second-order valence-electron chi connectivity index (χ2n) is 12.0. The van der Waals surface area contributed by atoms with Gasteiger partial charge in [-0.2, -0.15) is 8.78 Å². The largest absolute Gasteiger partial charge is 0.353 e. The predicted molar refractivity (Wildman–Crippen MR) is 121 cm³/mol. The number of nitrogens with zero attached hydrogens (tertiary/aromatic N) is 1. The zero-order valence-corrected chi connectivity index (χ0v) is 19.8. The molecule has 2 unspecified atom stereocenters. The lowest BCUT2D eigenvalue weighted by molar-refractivity contribution is -0.246. The number of aliphatic imine (C=N–C) groups is 1. The van der Waals surface area contributed by atoms with E-state index in [1.807, 2.05) is 6.08 Å². The summed E-state index contributed by atoms with van der Waals surface area (Å²) < 4.78 is 43.2. The Morgan fingerprint density at radius 3 is 2.50 bits per heavy atom. The summed E-state index contributed by atoms with van der Waals surface area (Å²) >= 11 is 0. The van der Waals surface area contributed by atoms with Gasteiger partial charge in [0.05, 0.1) is 6.04 Å². The van der Waals surface area contributed by atoms with Gasteiger partial charge in [-0.15, -0.1) is 0 Å². The first-order valence-electron chi connectivity index (χ1n) is 13.3. The van der Waals surface area contributed by atoms with Crippen LogP contribution in [0.5, 0.6) is 0 Å². The molecule has 32 heavy (non-hydrogen) atoms. The third-order valence-corrected chi connectivity index (χ3v) is 10.2. The van der Waals surface area contributed by atoms with Crippen LogP contribution in [0.4, 0.5) is 8.78 Å². The fourth-order valence-corrected chi connectivity index (χ4v) is 8.30. The molecule has 178 valence electrons. The highest BCUT2D eigenvalue weighted by atomic mass is 19.3. The maximum Gasteiger partial charge on any atom is 0.295 e. The number of allylic oxidation sites excluding steroid dienone is 1. The standard InChI is InChI=1S/C27H39F2NO2/c1-25-15-13-23(32-24-5-3-4-16-31-24)27(28,29)21(25)10-8-18-19-9-11-22(30-17-6-7-17)26(19,2)14-12-20(18)25/h10,17-20,23-24H,3-9,11-16H2,1-2H3/t18-,19-,20-,23?,24?,25+,26-/m0/s1. The molecule has 5 fully saturated rings. The van der Waals surface area contributed by atoms with Crippen molar-refractivity contribution in [2.24, 2.45) is 33.6 Å². The highest BCUT2D eigenvalue weighted by Gasteiger charge is 2.63. The molecule has 1 aliphatic heterocycles. The van der Waals surface area contributed by atoms with Crippen molar-refractivity contribution in [3.8, 4) is 0 Å². The summed E-state index contributed by atoms with van der Waals surface area (Å²) in [6.45, 7) is 5.21. The molecule has 0 amide bonds. The van der Waals surface area contributed by atoms with E-state index in [0.29, 0.717) is 42.4 Å². The minimum Gasteiger partial charge on any atom is -0.353 e. The van der Waals surface area contributed by atoms with Gasteiger partial charge in [0.2, 0.25) is 0 Å². The molecular weight excluding hydrogens is 408 g/mol. The Morgan fingerprint density at radius 1 is 0.969 bits per heavy atom. The molecule has 6 aliphatic rings. The van der Waals surface area contributed by atoms with Gasteiger partial charge in [0.25, 0.3) is 5.92 Å². The molecule has 0 aromatic heterocycles. The third kappa shape index (κ3) is 3.27. The van der Waals surface area contributed by atoms with Crippen LogP contribution in [0.3, 0.4) is 0 Å².